The third-order valence-electron chi connectivity index (χ3n) is 2.83. The molecule has 0 atom stereocenters. The Kier molecular flexibility index (Phi) is 3.89. The summed E-state index contributed by atoms with van der Waals surface area (Å²) in [5.74, 6) is 1.28. The van der Waals surface area contributed by atoms with Gasteiger partial charge < -0.3 is 19.6 Å². The van der Waals surface area contributed by atoms with Gasteiger partial charge in [-0.1, -0.05) is 5.16 Å². The maximum Gasteiger partial charge on any atom is 0.225 e. The van der Waals surface area contributed by atoms with Gasteiger partial charge in [0.1, 0.15) is 23.8 Å². The fourth-order valence-corrected chi connectivity index (χ4v) is 1.74. The van der Waals surface area contributed by atoms with Crippen molar-refractivity contribution < 1.29 is 19.5 Å². The molecule has 1 heterocycles. The first kappa shape index (κ1) is 13.2. The zero-order valence-electron chi connectivity index (χ0n) is 10.9. The number of carbonyl (C=O) groups excluding carboxylic acids is 1. The van der Waals surface area contributed by atoms with Crippen molar-refractivity contribution in [1.29, 1.82) is 0 Å². The quantitative estimate of drug-likeness (QED) is 0.653. The topological polar surface area (TPSA) is 71.4 Å². The third kappa shape index (κ3) is 2.96. The zero-order chi connectivity index (χ0) is 13.8. The second kappa shape index (κ2) is 5.60. The molecule has 0 fully saturated rings. The van der Waals surface area contributed by atoms with Crippen molar-refractivity contribution in [3.8, 4) is 11.5 Å². The summed E-state index contributed by atoms with van der Waals surface area (Å²) in [6.07, 6.45) is 0.328. The lowest BCUT2D eigenvalue weighted by molar-refractivity contribution is -0.129. The first-order valence-corrected chi connectivity index (χ1v) is 5.93. The van der Waals surface area contributed by atoms with Crippen LogP contribution in [0.5, 0.6) is 11.5 Å². The molecule has 0 spiro atoms. The molecule has 0 aliphatic carbocycles. The van der Waals surface area contributed by atoms with E-state index in [1.807, 2.05) is 0 Å². The van der Waals surface area contributed by atoms with Crippen LogP contribution in [0.2, 0.25) is 0 Å². The summed E-state index contributed by atoms with van der Waals surface area (Å²) in [6.45, 7) is 0.575. The van der Waals surface area contributed by atoms with E-state index in [9.17, 15) is 4.79 Å². The molecule has 1 aromatic carbocycles. The van der Waals surface area contributed by atoms with E-state index in [1.54, 1.807) is 32.3 Å². The summed E-state index contributed by atoms with van der Waals surface area (Å²) < 4.78 is 10.9. The highest BCUT2D eigenvalue weighted by Crippen LogP contribution is 2.29. The van der Waals surface area contributed by atoms with Crippen LogP contribution in [0.4, 0.5) is 0 Å². The van der Waals surface area contributed by atoms with Gasteiger partial charge in [-0.25, -0.2) is 0 Å². The molecule has 1 N–H and O–H groups in total. The number of nitrogens with zero attached hydrogens (tertiary/aromatic N) is 2. The average molecular weight is 264 g/mol. The Labute approximate surface area is 111 Å². The Balaban J connectivity index is 1.95. The fourth-order valence-electron chi connectivity index (χ4n) is 1.74. The summed E-state index contributed by atoms with van der Waals surface area (Å²) in [4.78, 5) is 12.9. The Morgan fingerprint density at radius 2 is 2.32 bits per heavy atom. The molecule has 102 valence electrons. The van der Waals surface area contributed by atoms with Crippen molar-refractivity contribution in [3.63, 3.8) is 0 Å². The van der Waals surface area contributed by atoms with E-state index in [0.717, 1.165) is 5.56 Å². The molecule has 1 amide bonds. The number of fused-ring (bicyclic) bond motifs is 1. The molecule has 0 saturated carbocycles. The van der Waals surface area contributed by atoms with Crippen molar-refractivity contribution >= 4 is 11.6 Å². The van der Waals surface area contributed by atoms with Crippen LogP contribution in [0, 0.1) is 0 Å². The van der Waals surface area contributed by atoms with Crippen molar-refractivity contribution in [3.05, 3.63) is 23.8 Å². The molecule has 2 rings (SSSR count). The average Bonchev–Trinajstić information content (AvgIpc) is 2.80. The highest BCUT2D eigenvalue weighted by molar-refractivity contribution is 6.06. The molecule has 0 bridgehead atoms. The summed E-state index contributed by atoms with van der Waals surface area (Å²) in [5, 5.41) is 11.9. The fraction of sp³-hybridized carbons (Fsp3) is 0.385. The number of amides is 1. The Morgan fingerprint density at radius 1 is 1.53 bits per heavy atom. The molecule has 19 heavy (non-hydrogen) atoms. The monoisotopic (exact) mass is 264 g/mol. The standard InChI is InChI=1S/C13H16N2O4/c1-15(2)13(16)5-6-18-9-3-4-10-11(14-17)8-19-12(10)7-9/h3-4,7,17H,5-6,8H2,1-2H3. The van der Waals surface area contributed by atoms with Gasteiger partial charge in [0.2, 0.25) is 5.91 Å². The van der Waals surface area contributed by atoms with E-state index < -0.39 is 0 Å². The van der Waals surface area contributed by atoms with Gasteiger partial charge in [0.25, 0.3) is 0 Å². The molecule has 1 aliphatic heterocycles. The first-order valence-electron chi connectivity index (χ1n) is 5.93. The van der Waals surface area contributed by atoms with Crippen LogP contribution < -0.4 is 9.47 Å². The van der Waals surface area contributed by atoms with Gasteiger partial charge in [-0.3, -0.25) is 4.79 Å². The van der Waals surface area contributed by atoms with Crippen molar-refractivity contribution in [2.75, 3.05) is 27.3 Å². The maximum atomic E-state index is 11.4. The van der Waals surface area contributed by atoms with E-state index in [4.69, 9.17) is 14.7 Å². The molecule has 0 unspecified atom stereocenters. The van der Waals surface area contributed by atoms with Crippen molar-refractivity contribution in [2.45, 2.75) is 6.42 Å². The van der Waals surface area contributed by atoms with Crippen LogP contribution in [0.25, 0.3) is 0 Å². The summed E-state index contributed by atoms with van der Waals surface area (Å²) in [7, 11) is 3.42. The summed E-state index contributed by atoms with van der Waals surface area (Å²) in [5.41, 5.74) is 1.27. The SMILES string of the molecule is CN(C)C(=O)CCOc1ccc2c(c1)OCC2=NO. The van der Waals surface area contributed by atoms with E-state index in [-0.39, 0.29) is 12.5 Å². The first-order chi connectivity index (χ1) is 9.11. The number of ether oxygens (including phenoxy) is 2. The number of oxime groups is 1. The Bertz CT molecular complexity index is 511. The molecular weight excluding hydrogens is 248 g/mol. The second-order valence-electron chi connectivity index (χ2n) is 4.38. The molecule has 1 aliphatic rings. The summed E-state index contributed by atoms with van der Waals surface area (Å²) in [6, 6.07) is 5.27. The second-order valence-corrected chi connectivity index (χ2v) is 4.38. The minimum atomic E-state index is 0.0205. The normalized spacial score (nSPS) is 14.9. The van der Waals surface area contributed by atoms with Crippen LogP contribution in [0.1, 0.15) is 12.0 Å². The number of carbonyl (C=O) groups is 1. The van der Waals surface area contributed by atoms with Gasteiger partial charge in [0.05, 0.1) is 13.0 Å². The predicted octanol–water partition coefficient (Wildman–Crippen LogP) is 1.11. The molecule has 0 saturated heterocycles. The molecule has 6 heteroatoms. The van der Waals surface area contributed by atoms with Gasteiger partial charge >= 0.3 is 0 Å². The third-order valence-corrected chi connectivity index (χ3v) is 2.83. The molecular formula is C13H16N2O4. The number of hydrogen-bond donors (Lipinski definition) is 1. The number of rotatable bonds is 4. The van der Waals surface area contributed by atoms with Crippen molar-refractivity contribution in [1.82, 2.24) is 4.90 Å². The van der Waals surface area contributed by atoms with E-state index in [0.29, 0.717) is 30.2 Å². The van der Waals surface area contributed by atoms with Gasteiger partial charge in [-0.2, -0.15) is 0 Å². The van der Waals surface area contributed by atoms with Gasteiger partial charge in [-0.15, -0.1) is 0 Å². The molecule has 6 nitrogen and oxygen atoms in total. The highest BCUT2D eigenvalue weighted by Gasteiger charge is 2.20. The van der Waals surface area contributed by atoms with Gasteiger partial charge in [0, 0.05) is 25.7 Å². The van der Waals surface area contributed by atoms with E-state index in [2.05, 4.69) is 5.16 Å². The van der Waals surface area contributed by atoms with E-state index >= 15 is 0 Å². The van der Waals surface area contributed by atoms with Gasteiger partial charge in [0.15, 0.2) is 0 Å². The number of hydrogen-bond acceptors (Lipinski definition) is 5. The summed E-state index contributed by atoms with van der Waals surface area (Å²) >= 11 is 0. The Hall–Kier alpha value is -2.24. The van der Waals surface area contributed by atoms with Gasteiger partial charge in [-0.05, 0) is 12.1 Å². The lowest BCUT2D eigenvalue weighted by Gasteiger charge is -2.11. The van der Waals surface area contributed by atoms with Crippen LogP contribution >= 0.6 is 0 Å². The van der Waals surface area contributed by atoms with Crippen LogP contribution in [-0.2, 0) is 4.79 Å². The number of benzene rings is 1. The minimum Gasteiger partial charge on any atom is -0.493 e. The predicted molar refractivity (Wildman–Crippen MR) is 69.1 cm³/mol. The van der Waals surface area contributed by atoms with E-state index in [1.165, 1.54) is 4.90 Å². The smallest absolute Gasteiger partial charge is 0.225 e. The minimum absolute atomic E-state index is 0.0205. The lowest BCUT2D eigenvalue weighted by Crippen LogP contribution is -2.23. The van der Waals surface area contributed by atoms with Crippen LogP contribution in [-0.4, -0.2) is 49.0 Å². The van der Waals surface area contributed by atoms with Crippen LogP contribution in [0.3, 0.4) is 0 Å². The highest BCUT2D eigenvalue weighted by atomic mass is 16.5. The molecule has 0 aromatic heterocycles. The molecule has 1 aromatic rings. The maximum absolute atomic E-state index is 11.4. The zero-order valence-corrected chi connectivity index (χ0v) is 10.9. The largest absolute Gasteiger partial charge is 0.493 e. The van der Waals surface area contributed by atoms with Crippen LogP contribution in [0.15, 0.2) is 23.4 Å². The van der Waals surface area contributed by atoms with Crippen molar-refractivity contribution in [2.24, 2.45) is 5.16 Å². The molecule has 0 radical (unpaired) electrons. The Morgan fingerprint density at radius 3 is 3.00 bits per heavy atom. The lowest BCUT2D eigenvalue weighted by atomic mass is 10.1.